The van der Waals surface area contributed by atoms with Gasteiger partial charge in [-0.15, -0.1) is 0 Å². The Morgan fingerprint density at radius 3 is 2.59 bits per heavy atom. The summed E-state index contributed by atoms with van der Waals surface area (Å²) < 4.78 is 5.12. The lowest BCUT2D eigenvalue weighted by atomic mass is 9.87. The summed E-state index contributed by atoms with van der Waals surface area (Å²) in [5.74, 6) is -1.52. The number of halogens is 2. The molecule has 2 atom stereocenters. The molecule has 2 amide bonds. The molecule has 0 spiro atoms. The van der Waals surface area contributed by atoms with Crippen LogP contribution in [0.1, 0.15) is 57.3 Å². The van der Waals surface area contributed by atoms with E-state index in [2.05, 4.69) is 13.0 Å². The molecular formula is C30H23Cl2N3O5S. The van der Waals surface area contributed by atoms with E-state index < -0.39 is 35.4 Å². The summed E-state index contributed by atoms with van der Waals surface area (Å²) in [5, 5.41) is 9.96. The predicted molar refractivity (Wildman–Crippen MR) is 154 cm³/mol. The highest BCUT2D eigenvalue weighted by Crippen LogP contribution is 2.36. The number of carbonyl (C=O) groups excluding carboxylic acids is 4. The molecule has 2 heterocycles. The largest absolute Gasteiger partial charge is 0.454 e. The monoisotopic (exact) mass is 607 g/mol. The minimum Gasteiger partial charge on any atom is -0.454 e. The Morgan fingerprint density at radius 1 is 1.12 bits per heavy atom. The minimum absolute atomic E-state index is 0.0384. The van der Waals surface area contributed by atoms with E-state index in [4.69, 9.17) is 32.9 Å². The molecule has 1 saturated heterocycles. The van der Waals surface area contributed by atoms with E-state index in [1.54, 1.807) is 0 Å². The fraction of sp³-hybridized carbons (Fsp3) is 0.267. The molecule has 41 heavy (non-hydrogen) atoms. The van der Waals surface area contributed by atoms with Crippen LogP contribution in [0.25, 0.3) is 0 Å². The maximum atomic E-state index is 13.3. The van der Waals surface area contributed by atoms with E-state index in [-0.39, 0.29) is 22.6 Å². The second kappa shape index (κ2) is 12.0. The molecule has 1 aliphatic heterocycles. The number of anilines is 1. The van der Waals surface area contributed by atoms with Gasteiger partial charge in [0, 0.05) is 22.7 Å². The van der Waals surface area contributed by atoms with Gasteiger partial charge in [0.1, 0.15) is 11.1 Å². The van der Waals surface area contributed by atoms with Gasteiger partial charge in [0.05, 0.1) is 27.1 Å². The van der Waals surface area contributed by atoms with Crippen LogP contribution >= 0.6 is 35.0 Å². The van der Waals surface area contributed by atoms with Crippen molar-refractivity contribution in [1.82, 2.24) is 4.98 Å². The fourth-order valence-corrected chi connectivity index (χ4v) is 6.46. The first-order valence-electron chi connectivity index (χ1n) is 12.9. The highest BCUT2D eigenvalue weighted by molar-refractivity contribution is 8.00. The Labute approximate surface area is 250 Å². The number of esters is 1. The highest BCUT2D eigenvalue weighted by atomic mass is 35.5. The maximum Gasteiger partial charge on any atom is 0.338 e. The van der Waals surface area contributed by atoms with Crippen LogP contribution in [0.3, 0.4) is 0 Å². The number of aryl methyl sites for hydroxylation is 1. The summed E-state index contributed by atoms with van der Waals surface area (Å²) in [6.45, 7) is 1.65. The van der Waals surface area contributed by atoms with E-state index in [1.807, 2.05) is 6.07 Å². The number of ether oxygens (including phenoxy) is 1. The Hall–Kier alpha value is -3.71. The summed E-state index contributed by atoms with van der Waals surface area (Å²) in [5.41, 5.74) is 3.04. The third-order valence-electron chi connectivity index (χ3n) is 7.01. The number of pyridine rings is 1. The molecule has 1 fully saturated rings. The van der Waals surface area contributed by atoms with Gasteiger partial charge in [-0.1, -0.05) is 41.9 Å². The van der Waals surface area contributed by atoms with Crippen molar-refractivity contribution in [2.24, 2.45) is 5.92 Å². The first-order chi connectivity index (χ1) is 19.6. The average molecular weight is 609 g/mol. The van der Waals surface area contributed by atoms with Crippen molar-refractivity contribution in [3.05, 3.63) is 86.5 Å². The van der Waals surface area contributed by atoms with Crippen LogP contribution in [0.5, 0.6) is 0 Å². The predicted octanol–water partition coefficient (Wildman–Crippen LogP) is 5.85. The standard InChI is InChI=1S/C30H23Cl2N3O5S/c1-16-2-9-24-18(10-16)11-19(14-33)28(34-24)41-26-13-27(37)35(29(26)38)21-6-3-17(4-7-21)30(39)40-15-25(36)22-8-5-20(31)12-23(22)32/h3-8,11-12,16,26H,2,9-10,13,15H2,1H3. The molecule has 8 nitrogen and oxygen atoms in total. The fourth-order valence-electron chi connectivity index (χ4n) is 4.85. The second-order valence-corrected chi connectivity index (χ2v) is 12.0. The number of carbonyl (C=O) groups is 4. The number of rotatable bonds is 7. The van der Waals surface area contributed by atoms with E-state index in [0.717, 1.165) is 47.2 Å². The van der Waals surface area contributed by atoms with Crippen molar-refractivity contribution >= 4 is 64.2 Å². The van der Waals surface area contributed by atoms with Crippen LogP contribution in [-0.2, 0) is 27.2 Å². The zero-order valence-electron chi connectivity index (χ0n) is 21.9. The lowest BCUT2D eigenvalue weighted by Gasteiger charge is -2.22. The number of fused-ring (bicyclic) bond motifs is 1. The van der Waals surface area contributed by atoms with Crippen molar-refractivity contribution in [2.75, 3.05) is 11.5 Å². The molecule has 1 aromatic heterocycles. The molecule has 0 N–H and O–H groups in total. The van der Waals surface area contributed by atoms with Crippen LogP contribution in [0.15, 0.2) is 53.6 Å². The normalized spacial score (nSPS) is 18.1. The van der Waals surface area contributed by atoms with Gasteiger partial charge in [-0.3, -0.25) is 14.4 Å². The molecule has 0 bridgehead atoms. The van der Waals surface area contributed by atoms with Crippen LogP contribution in [0, 0.1) is 17.2 Å². The number of ketones is 1. The third-order valence-corrected chi connectivity index (χ3v) is 8.74. The Kier molecular flexibility index (Phi) is 8.45. The van der Waals surface area contributed by atoms with Gasteiger partial charge in [0.15, 0.2) is 6.61 Å². The highest BCUT2D eigenvalue weighted by Gasteiger charge is 2.41. The summed E-state index contributed by atoms with van der Waals surface area (Å²) in [6, 6.07) is 14.2. The lowest BCUT2D eigenvalue weighted by molar-refractivity contribution is -0.121. The molecule has 2 aromatic carbocycles. The number of benzene rings is 2. The first kappa shape index (κ1) is 28.8. The second-order valence-electron chi connectivity index (χ2n) is 9.96. The number of nitrogens with zero attached hydrogens (tertiary/aromatic N) is 3. The summed E-state index contributed by atoms with van der Waals surface area (Å²) >= 11 is 13.0. The molecule has 3 aromatic rings. The van der Waals surface area contributed by atoms with Gasteiger partial charge in [0.25, 0.3) is 0 Å². The minimum atomic E-state index is -0.751. The van der Waals surface area contributed by atoms with Crippen molar-refractivity contribution in [2.45, 2.75) is 42.9 Å². The number of imide groups is 1. The molecule has 0 saturated carbocycles. The van der Waals surface area contributed by atoms with E-state index >= 15 is 0 Å². The summed E-state index contributed by atoms with van der Waals surface area (Å²) in [6.07, 6.45) is 2.66. The molecule has 208 valence electrons. The lowest BCUT2D eigenvalue weighted by Crippen LogP contribution is -2.31. The van der Waals surface area contributed by atoms with Gasteiger partial charge < -0.3 is 4.74 Å². The topological polar surface area (TPSA) is 117 Å². The van der Waals surface area contributed by atoms with E-state index in [9.17, 15) is 24.4 Å². The number of Topliss-reactive ketones (excluding diaryl/α,β-unsaturated/α-hetero) is 1. The number of thioether (sulfide) groups is 1. The number of aromatic nitrogens is 1. The quantitative estimate of drug-likeness (QED) is 0.186. The number of amides is 2. The molecule has 5 rings (SSSR count). The van der Waals surface area contributed by atoms with Crippen LogP contribution in [-0.4, -0.2) is 40.4 Å². The zero-order chi connectivity index (χ0) is 29.3. The van der Waals surface area contributed by atoms with Crippen molar-refractivity contribution in [1.29, 1.82) is 5.26 Å². The van der Waals surface area contributed by atoms with Crippen LogP contribution in [0.2, 0.25) is 10.0 Å². The van der Waals surface area contributed by atoms with E-state index in [0.29, 0.717) is 27.2 Å². The summed E-state index contributed by atoms with van der Waals surface area (Å²) in [7, 11) is 0. The zero-order valence-corrected chi connectivity index (χ0v) is 24.2. The van der Waals surface area contributed by atoms with Crippen molar-refractivity contribution < 1.29 is 23.9 Å². The SMILES string of the molecule is CC1CCc2nc(SC3CC(=O)N(c4ccc(C(=O)OCC(=O)c5ccc(Cl)cc5Cl)cc4)C3=O)c(C#N)cc2C1. The smallest absolute Gasteiger partial charge is 0.338 e. The maximum absolute atomic E-state index is 13.3. The van der Waals surface area contributed by atoms with Gasteiger partial charge in [-0.05, 0) is 79.3 Å². The third kappa shape index (κ3) is 6.15. The Balaban J connectivity index is 1.24. The van der Waals surface area contributed by atoms with Gasteiger partial charge >= 0.3 is 5.97 Å². The first-order valence-corrected chi connectivity index (χ1v) is 14.5. The van der Waals surface area contributed by atoms with Crippen LogP contribution in [0.4, 0.5) is 5.69 Å². The van der Waals surface area contributed by atoms with Gasteiger partial charge in [-0.2, -0.15) is 5.26 Å². The van der Waals surface area contributed by atoms with E-state index in [1.165, 1.54) is 42.5 Å². The molecule has 1 aliphatic carbocycles. The number of hydrogen-bond donors (Lipinski definition) is 0. The Morgan fingerprint density at radius 2 is 1.88 bits per heavy atom. The molecule has 0 radical (unpaired) electrons. The van der Waals surface area contributed by atoms with Crippen LogP contribution < -0.4 is 4.90 Å². The van der Waals surface area contributed by atoms with Gasteiger partial charge in [-0.25, -0.2) is 14.7 Å². The molecule has 2 unspecified atom stereocenters. The molecule has 11 heteroatoms. The molecular weight excluding hydrogens is 585 g/mol. The number of nitriles is 1. The van der Waals surface area contributed by atoms with Gasteiger partial charge in [0.2, 0.25) is 17.6 Å². The molecule has 2 aliphatic rings. The average Bonchev–Trinajstić information content (AvgIpc) is 3.23. The Bertz CT molecular complexity index is 1620. The summed E-state index contributed by atoms with van der Waals surface area (Å²) in [4.78, 5) is 56.8. The van der Waals surface area contributed by atoms with Crippen molar-refractivity contribution in [3.63, 3.8) is 0 Å². The van der Waals surface area contributed by atoms with Crippen molar-refractivity contribution in [3.8, 4) is 6.07 Å². The number of hydrogen-bond acceptors (Lipinski definition) is 8.